The fourth-order valence-electron chi connectivity index (χ4n) is 4.64. The zero-order chi connectivity index (χ0) is 22.2. The van der Waals surface area contributed by atoms with Crippen LogP contribution in [0.4, 0.5) is 0 Å². The van der Waals surface area contributed by atoms with E-state index in [1.165, 1.54) is 30.4 Å². The fourth-order valence-corrected chi connectivity index (χ4v) is 4.64. The van der Waals surface area contributed by atoms with E-state index in [4.69, 9.17) is 14.7 Å². The second-order valence-electron chi connectivity index (χ2n) is 8.46. The molecule has 32 heavy (non-hydrogen) atoms. The number of carboxylic acid groups (broad SMARTS) is 1. The molecule has 0 amide bonds. The number of allylic oxidation sites excluding steroid dienone is 1. The smallest absolute Gasteiger partial charge is 0.341 e. The molecule has 4 rings (SSSR count). The Morgan fingerprint density at radius 2 is 2.03 bits per heavy atom. The van der Waals surface area contributed by atoms with E-state index in [9.17, 15) is 4.79 Å². The van der Waals surface area contributed by atoms with E-state index in [-0.39, 0.29) is 6.61 Å². The van der Waals surface area contributed by atoms with Crippen LogP contribution in [0.15, 0.2) is 59.5 Å². The summed E-state index contributed by atoms with van der Waals surface area (Å²) in [5, 5.41) is 13.4. The van der Waals surface area contributed by atoms with Crippen molar-refractivity contribution < 1.29 is 19.5 Å². The van der Waals surface area contributed by atoms with E-state index in [0.717, 1.165) is 48.9 Å². The molecular weight excluding hydrogens is 404 g/mol. The molecule has 6 nitrogen and oxygen atoms in total. The summed E-state index contributed by atoms with van der Waals surface area (Å²) in [5.41, 5.74) is 5.68. The highest BCUT2D eigenvalue weighted by Crippen LogP contribution is 2.32. The average Bonchev–Trinajstić information content (AvgIpc) is 2.83. The number of nitrogens with zero attached hydrogens (tertiary/aromatic N) is 2. The second kappa shape index (κ2) is 10.9. The minimum absolute atomic E-state index is 0.314. The highest BCUT2D eigenvalue weighted by Gasteiger charge is 2.22. The Kier molecular flexibility index (Phi) is 7.54. The van der Waals surface area contributed by atoms with E-state index in [0.29, 0.717) is 18.3 Å². The largest absolute Gasteiger partial charge is 0.482 e. The van der Waals surface area contributed by atoms with E-state index in [2.05, 4.69) is 28.3 Å². The van der Waals surface area contributed by atoms with Crippen LogP contribution in [-0.2, 0) is 22.5 Å². The normalized spacial score (nSPS) is 18.2. The van der Waals surface area contributed by atoms with Crippen molar-refractivity contribution >= 4 is 11.7 Å². The Bertz CT molecular complexity index is 979. The Morgan fingerprint density at radius 1 is 1.16 bits per heavy atom. The molecule has 0 bridgehead atoms. The summed E-state index contributed by atoms with van der Waals surface area (Å²) in [6.07, 6.45) is 14.4. The lowest BCUT2D eigenvalue weighted by molar-refractivity contribution is -0.139. The van der Waals surface area contributed by atoms with Gasteiger partial charge in [0.25, 0.3) is 0 Å². The number of aliphatic carboxylic acids is 1. The summed E-state index contributed by atoms with van der Waals surface area (Å²) >= 11 is 0. The average molecular weight is 435 g/mol. The Morgan fingerprint density at radius 3 is 2.81 bits per heavy atom. The number of rotatable bonds is 8. The van der Waals surface area contributed by atoms with Gasteiger partial charge in [-0.15, -0.1) is 0 Å². The van der Waals surface area contributed by atoms with Crippen LogP contribution in [0.5, 0.6) is 5.75 Å². The highest BCUT2D eigenvalue weighted by molar-refractivity contribution is 6.01. The van der Waals surface area contributed by atoms with Crippen molar-refractivity contribution in [1.82, 2.24) is 4.98 Å². The molecule has 2 aromatic rings. The number of pyridine rings is 1. The van der Waals surface area contributed by atoms with Crippen molar-refractivity contribution in [1.29, 1.82) is 0 Å². The van der Waals surface area contributed by atoms with Gasteiger partial charge >= 0.3 is 5.97 Å². The number of carboxylic acids is 1. The summed E-state index contributed by atoms with van der Waals surface area (Å²) < 4.78 is 5.46. The number of ether oxygens (including phenoxy) is 1. The number of hydrogen-bond acceptors (Lipinski definition) is 5. The van der Waals surface area contributed by atoms with Crippen LogP contribution < -0.4 is 4.74 Å². The molecule has 1 heterocycles. The van der Waals surface area contributed by atoms with Gasteiger partial charge in [-0.25, -0.2) is 4.79 Å². The molecule has 2 aliphatic carbocycles. The fraction of sp³-hybridized carbons (Fsp3) is 0.423. The quantitative estimate of drug-likeness (QED) is 0.275. The molecule has 0 radical (unpaired) electrons. The standard InChI is InChI=1S/C26H30N2O4/c29-25(30)18-31-24-10-4-8-21-16-19(11-12-23(21)24)13-15-32-28-26(20-6-2-1-3-7-20)22-9-5-14-27-17-22/h4-5,8-10,13-14,17,20H,1-3,6-7,11-12,15-16,18H2,(H,29,30)/b19-13-,28-26-. The van der Waals surface area contributed by atoms with Gasteiger partial charge in [-0.3, -0.25) is 4.98 Å². The van der Waals surface area contributed by atoms with Gasteiger partial charge in [-0.1, -0.05) is 42.1 Å². The highest BCUT2D eigenvalue weighted by atomic mass is 16.6. The first-order valence-electron chi connectivity index (χ1n) is 11.4. The minimum atomic E-state index is -0.962. The lowest BCUT2D eigenvalue weighted by Gasteiger charge is -2.23. The van der Waals surface area contributed by atoms with Gasteiger partial charge in [0.15, 0.2) is 6.61 Å². The minimum Gasteiger partial charge on any atom is -0.482 e. The molecule has 2 aliphatic rings. The van der Waals surface area contributed by atoms with Gasteiger partial charge in [-0.2, -0.15) is 0 Å². The number of carbonyl (C=O) groups is 1. The first-order chi connectivity index (χ1) is 15.7. The molecule has 1 aromatic carbocycles. The number of oxime groups is 1. The predicted molar refractivity (Wildman–Crippen MR) is 123 cm³/mol. The second-order valence-corrected chi connectivity index (χ2v) is 8.46. The van der Waals surface area contributed by atoms with Crippen LogP contribution in [-0.4, -0.2) is 35.0 Å². The van der Waals surface area contributed by atoms with Crippen molar-refractivity contribution in [2.24, 2.45) is 11.1 Å². The molecule has 0 spiro atoms. The topological polar surface area (TPSA) is 81.0 Å². The van der Waals surface area contributed by atoms with Crippen molar-refractivity contribution in [3.05, 3.63) is 71.1 Å². The number of benzene rings is 1. The van der Waals surface area contributed by atoms with Crippen LogP contribution in [0.3, 0.4) is 0 Å². The Balaban J connectivity index is 1.40. The third kappa shape index (κ3) is 5.75. The molecule has 0 saturated heterocycles. The van der Waals surface area contributed by atoms with Crippen LogP contribution in [0.25, 0.3) is 0 Å². The number of aromatic nitrogens is 1. The van der Waals surface area contributed by atoms with Gasteiger partial charge in [0.2, 0.25) is 0 Å². The maximum absolute atomic E-state index is 10.8. The van der Waals surface area contributed by atoms with Crippen molar-refractivity contribution in [3.8, 4) is 5.75 Å². The molecule has 0 atom stereocenters. The lowest BCUT2D eigenvalue weighted by atomic mass is 9.84. The summed E-state index contributed by atoms with van der Waals surface area (Å²) in [5.74, 6) is 0.153. The predicted octanol–water partition coefficient (Wildman–Crippen LogP) is 4.96. The van der Waals surface area contributed by atoms with Gasteiger partial charge < -0.3 is 14.7 Å². The molecule has 1 aromatic heterocycles. The van der Waals surface area contributed by atoms with Gasteiger partial charge in [0, 0.05) is 23.9 Å². The maximum Gasteiger partial charge on any atom is 0.341 e. The van der Waals surface area contributed by atoms with E-state index in [1.807, 2.05) is 24.4 Å². The summed E-state index contributed by atoms with van der Waals surface area (Å²) in [6, 6.07) is 9.86. The SMILES string of the molecule is O=C(O)COc1cccc2c1CC/C(=C/CO/N=C(\c1cccnc1)C1CCCCC1)C2. The molecule has 1 fully saturated rings. The third-order valence-corrected chi connectivity index (χ3v) is 6.25. The third-order valence-electron chi connectivity index (χ3n) is 6.25. The number of fused-ring (bicyclic) bond motifs is 1. The molecule has 6 heteroatoms. The monoisotopic (exact) mass is 434 g/mol. The zero-order valence-electron chi connectivity index (χ0n) is 18.3. The van der Waals surface area contributed by atoms with Crippen LogP contribution in [0, 0.1) is 5.92 Å². The van der Waals surface area contributed by atoms with Gasteiger partial charge in [0.05, 0.1) is 5.71 Å². The number of hydrogen-bond donors (Lipinski definition) is 1. The first kappa shape index (κ1) is 22.1. The maximum atomic E-state index is 10.8. The van der Waals surface area contributed by atoms with Crippen molar-refractivity contribution in [2.75, 3.05) is 13.2 Å². The van der Waals surface area contributed by atoms with Crippen molar-refractivity contribution in [3.63, 3.8) is 0 Å². The molecule has 1 N–H and O–H groups in total. The molecular formula is C26H30N2O4. The van der Waals surface area contributed by atoms with E-state index in [1.54, 1.807) is 6.20 Å². The lowest BCUT2D eigenvalue weighted by Crippen LogP contribution is -2.19. The Hall–Kier alpha value is -3.15. The van der Waals surface area contributed by atoms with Crippen molar-refractivity contribution in [2.45, 2.75) is 51.4 Å². The first-order valence-corrected chi connectivity index (χ1v) is 11.4. The zero-order valence-corrected chi connectivity index (χ0v) is 18.3. The van der Waals surface area contributed by atoms with Crippen LogP contribution in [0.1, 0.15) is 55.2 Å². The van der Waals surface area contributed by atoms with E-state index >= 15 is 0 Å². The van der Waals surface area contributed by atoms with E-state index < -0.39 is 5.97 Å². The van der Waals surface area contributed by atoms with Crippen LogP contribution >= 0.6 is 0 Å². The summed E-state index contributed by atoms with van der Waals surface area (Å²) in [7, 11) is 0. The molecule has 0 aliphatic heterocycles. The Labute approximate surface area is 189 Å². The summed E-state index contributed by atoms with van der Waals surface area (Å²) in [4.78, 5) is 20.9. The summed E-state index contributed by atoms with van der Waals surface area (Å²) in [6.45, 7) is 0.127. The van der Waals surface area contributed by atoms with Gasteiger partial charge in [-0.05, 0) is 67.5 Å². The van der Waals surface area contributed by atoms with Gasteiger partial charge in [0.1, 0.15) is 12.4 Å². The van der Waals surface area contributed by atoms with Crippen LogP contribution in [0.2, 0.25) is 0 Å². The molecule has 0 unspecified atom stereocenters. The molecule has 1 saturated carbocycles. The molecule has 168 valence electrons.